The van der Waals surface area contributed by atoms with Crippen molar-refractivity contribution in [3.63, 3.8) is 0 Å². The number of aromatic nitrogens is 1. The van der Waals surface area contributed by atoms with Gasteiger partial charge in [0.25, 0.3) is 11.8 Å². The molecule has 3 rings (SSSR count). The highest BCUT2D eigenvalue weighted by Gasteiger charge is 2.16. The summed E-state index contributed by atoms with van der Waals surface area (Å²) in [5, 5.41) is 0. The molecule has 7 heteroatoms. The first-order valence-electron chi connectivity index (χ1n) is 9.30. The van der Waals surface area contributed by atoms with Gasteiger partial charge in [0.15, 0.2) is 6.10 Å². The van der Waals surface area contributed by atoms with Crippen LogP contribution in [-0.4, -0.2) is 29.1 Å². The molecule has 0 saturated heterocycles. The highest BCUT2D eigenvalue weighted by Crippen LogP contribution is 2.18. The minimum Gasteiger partial charge on any atom is -0.494 e. The minimum atomic E-state index is -0.788. The molecule has 7 nitrogen and oxygen atoms in total. The van der Waals surface area contributed by atoms with Crippen LogP contribution < -0.4 is 20.3 Å². The summed E-state index contributed by atoms with van der Waals surface area (Å²) in [7, 11) is 0. The fraction of sp³-hybridized carbons (Fsp3) is 0.182. The van der Waals surface area contributed by atoms with Crippen LogP contribution in [0.3, 0.4) is 0 Å². The quantitative estimate of drug-likeness (QED) is 0.605. The number of rotatable bonds is 7. The molecule has 0 spiro atoms. The molecule has 3 aromatic rings. The zero-order chi connectivity index (χ0) is 20.6. The summed E-state index contributed by atoms with van der Waals surface area (Å²) in [6, 6.07) is 17.9. The maximum Gasteiger partial charge on any atom is 0.279 e. The molecule has 0 aliphatic rings. The fourth-order valence-electron chi connectivity index (χ4n) is 2.62. The molecule has 0 radical (unpaired) electrons. The zero-order valence-corrected chi connectivity index (χ0v) is 16.3. The molecule has 2 amide bonds. The van der Waals surface area contributed by atoms with Crippen molar-refractivity contribution in [1.82, 2.24) is 15.4 Å². The van der Waals surface area contributed by atoms with Crippen LogP contribution in [0, 0.1) is 0 Å². The number of nitrogens with one attached hydrogen (secondary N) is 2. The van der Waals surface area contributed by atoms with E-state index in [4.69, 9.17) is 9.47 Å². The molecule has 0 fully saturated rings. The lowest BCUT2D eigenvalue weighted by Crippen LogP contribution is -2.47. The maximum absolute atomic E-state index is 12.2. The summed E-state index contributed by atoms with van der Waals surface area (Å²) < 4.78 is 12.9. The summed E-state index contributed by atoms with van der Waals surface area (Å²) in [5.41, 5.74) is 6.15. The smallest absolute Gasteiger partial charge is 0.279 e. The summed E-state index contributed by atoms with van der Waals surface area (Å²) in [6.07, 6.45) is 3.05. The minimum absolute atomic E-state index is 0.411. The molecule has 0 saturated carbocycles. The second-order valence-corrected chi connectivity index (χ2v) is 6.25. The van der Waals surface area contributed by atoms with Crippen molar-refractivity contribution in [3.05, 3.63) is 78.6 Å². The topological polar surface area (TPSA) is 81.6 Å². The first-order valence-corrected chi connectivity index (χ1v) is 9.30. The van der Waals surface area contributed by atoms with Gasteiger partial charge < -0.3 is 14.0 Å². The van der Waals surface area contributed by atoms with Gasteiger partial charge in [-0.3, -0.25) is 20.4 Å². The summed E-state index contributed by atoms with van der Waals surface area (Å²) >= 11 is 0. The largest absolute Gasteiger partial charge is 0.494 e. The third kappa shape index (κ3) is 5.38. The second kappa shape index (κ2) is 9.45. The Balaban J connectivity index is 1.49. The van der Waals surface area contributed by atoms with E-state index in [1.165, 1.54) is 0 Å². The van der Waals surface area contributed by atoms with E-state index >= 15 is 0 Å². The van der Waals surface area contributed by atoms with Gasteiger partial charge >= 0.3 is 0 Å². The van der Waals surface area contributed by atoms with Crippen molar-refractivity contribution in [2.24, 2.45) is 0 Å². The number of hydrogen-bond donors (Lipinski definition) is 2. The van der Waals surface area contributed by atoms with E-state index in [-0.39, 0.29) is 0 Å². The van der Waals surface area contributed by atoms with Gasteiger partial charge in [-0.25, -0.2) is 0 Å². The van der Waals surface area contributed by atoms with E-state index in [9.17, 15) is 9.59 Å². The van der Waals surface area contributed by atoms with Gasteiger partial charge in [-0.05, 0) is 74.5 Å². The van der Waals surface area contributed by atoms with Crippen molar-refractivity contribution in [1.29, 1.82) is 0 Å². The number of benzene rings is 2. The number of carbonyl (C=O) groups is 2. The standard InChI is InChI=1S/C22H23N3O4/c1-3-28-19-10-12-20(13-11-19)29-16(2)21(26)23-24-22(27)17-6-8-18(9-7-17)25-14-4-5-15-25/h4-16H,3H2,1-2H3,(H,23,26)(H,24,27). The third-order valence-corrected chi connectivity index (χ3v) is 4.15. The van der Waals surface area contributed by atoms with Crippen LogP contribution in [0.1, 0.15) is 24.2 Å². The Morgan fingerprint density at radius 2 is 1.55 bits per heavy atom. The molecule has 2 N–H and O–H groups in total. The Hall–Kier alpha value is -3.74. The lowest BCUT2D eigenvalue weighted by atomic mass is 10.2. The Labute approximate surface area is 169 Å². The van der Waals surface area contributed by atoms with Crippen LogP contribution in [-0.2, 0) is 4.79 Å². The Morgan fingerprint density at radius 1 is 0.931 bits per heavy atom. The highest BCUT2D eigenvalue weighted by molar-refractivity contribution is 5.95. The van der Waals surface area contributed by atoms with Gasteiger partial charge in [0.2, 0.25) is 0 Å². The normalized spacial score (nSPS) is 11.4. The maximum atomic E-state index is 12.2. The molecule has 1 heterocycles. The van der Waals surface area contributed by atoms with Gasteiger partial charge in [0, 0.05) is 23.6 Å². The molecular formula is C22H23N3O4. The third-order valence-electron chi connectivity index (χ3n) is 4.15. The molecule has 1 aromatic heterocycles. The average molecular weight is 393 g/mol. The van der Waals surface area contributed by atoms with Gasteiger partial charge in [0.1, 0.15) is 11.5 Å². The first-order chi connectivity index (χ1) is 14.1. The Morgan fingerprint density at radius 3 is 2.17 bits per heavy atom. The summed E-state index contributed by atoms with van der Waals surface area (Å²) in [6.45, 7) is 4.08. The number of nitrogens with zero attached hydrogens (tertiary/aromatic N) is 1. The molecule has 2 aromatic carbocycles. The van der Waals surface area contributed by atoms with Gasteiger partial charge in [-0.15, -0.1) is 0 Å². The predicted molar refractivity (Wildman–Crippen MR) is 109 cm³/mol. The van der Waals surface area contributed by atoms with Crippen LogP contribution in [0.2, 0.25) is 0 Å². The Bertz CT molecular complexity index is 935. The molecule has 150 valence electrons. The number of amides is 2. The van der Waals surface area contributed by atoms with Crippen LogP contribution in [0.4, 0.5) is 0 Å². The number of ether oxygens (including phenoxy) is 2. The van der Waals surface area contributed by atoms with Crippen LogP contribution in [0.15, 0.2) is 73.1 Å². The van der Waals surface area contributed by atoms with Crippen LogP contribution in [0.5, 0.6) is 11.5 Å². The fourth-order valence-corrected chi connectivity index (χ4v) is 2.62. The van der Waals surface area contributed by atoms with E-state index in [0.717, 1.165) is 11.4 Å². The number of hydrogen-bond acceptors (Lipinski definition) is 4. The van der Waals surface area contributed by atoms with Crippen LogP contribution >= 0.6 is 0 Å². The Kier molecular flexibility index (Phi) is 6.52. The monoisotopic (exact) mass is 393 g/mol. The van der Waals surface area contributed by atoms with E-state index < -0.39 is 17.9 Å². The number of hydrazine groups is 1. The summed E-state index contributed by atoms with van der Waals surface area (Å²) in [5.74, 6) is 0.386. The predicted octanol–water partition coefficient (Wildman–Crippen LogP) is 3.10. The van der Waals surface area contributed by atoms with Crippen LogP contribution in [0.25, 0.3) is 5.69 Å². The van der Waals surface area contributed by atoms with E-state index in [0.29, 0.717) is 17.9 Å². The average Bonchev–Trinajstić information content (AvgIpc) is 3.28. The van der Waals surface area contributed by atoms with E-state index in [1.54, 1.807) is 43.3 Å². The number of carbonyl (C=O) groups excluding carboxylic acids is 2. The SMILES string of the molecule is CCOc1ccc(OC(C)C(=O)NNC(=O)c2ccc(-n3cccc3)cc2)cc1. The molecule has 1 unspecified atom stereocenters. The van der Waals surface area contributed by atoms with Gasteiger partial charge in [0.05, 0.1) is 6.61 Å². The lowest BCUT2D eigenvalue weighted by Gasteiger charge is -2.15. The molecule has 0 aliphatic carbocycles. The van der Waals surface area contributed by atoms with Gasteiger partial charge in [-0.1, -0.05) is 0 Å². The van der Waals surface area contributed by atoms with Crippen molar-refractivity contribution >= 4 is 11.8 Å². The van der Waals surface area contributed by atoms with Gasteiger partial charge in [-0.2, -0.15) is 0 Å². The zero-order valence-electron chi connectivity index (χ0n) is 16.3. The van der Waals surface area contributed by atoms with Crippen molar-refractivity contribution < 1.29 is 19.1 Å². The summed E-state index contributed by atoms with van der Waals surface area (Å²) in [4.78, 5) is 24.4. The molecule has 1 atom stereocenters. The molecule has 0 aliphatic heterocycles. The van der Waals surface area contributed by atoms with Crippen molar-refractivity contribution in [3.8, 4) is 17.2 Å². The van der Waals surface area contributed by atoms with E-state index in [1.807, 2.05) is 48.1 Å². The second-order valence-electron chi connectivity index (χ2n) is 6.25. The highest BCUT2D eigenvalue weighted by atomic mass is 16.5. The van der Waals surface area contributed by atoms with Crippen molar-refractivity contribution in [2.45, 2.75) is 20.0 Å². The van der Waals surface area contributed by atoms with Crippen molar-refractivity contribution in [2.75, 3.05) is 6.61 Å². The lowest BCUT2D eigenvalue weighted by molar-refractivity contribution is -0.128. The first kappa shape index (κ1) is 20.0. The molecule has 0 bridgehead atoms. The molecular weight excluding hydrogens is 370 g/mol. The molecule has 29 heavy (non-hydrogen) atoms. The van der Waals surface area contributed by atoms with E-state index in [2.05, 4.69) is 10.9 Å².